The number of nitrogens with zero attached hydrogens (tertiary/aromatic N) is 6. The van der Waals surface area contributed by atoms with Gasteiger partial charge < -0.3 is 4.74 Å². The first kappa shape index (κ1) is 16.0. The largest absolute Gasteiger partial charge is 0.497 e. The summed E-state index contributed by atoms with van der Waals surface area (Å²) < 4.78 is 6.81. The summed E-state index contributed by atoms with van der Waals surface area (Å²) in [5.74, 6) is 0.573. The van der Waals surface area contributed by atoms with E-state index in [2.05, 4.69) is 20.3 Å². The second kappa shape index (κ2) is 6.41. The number of aromatic nitrogens is 5. The van der Waals surface area contributed by atoms with Crippen LogP contribution in [-0.2, 0) is 11.3 Å². The van der Waals surface area contributed by atoms with Crippen LogP contribution in [0.2, 0.25) is 0 Å². The zero-order valence-electron chi connectivity index (χ0n) is 13.1. The standard InChI is InChI=1S/C15H13ClN6O2S/c1-24-10-4-2-9(3-5-10)13-12(16)14(23)22(13)15-20-19-11(25-15)6-21-8-17-7-18-21/h2-5,7-8,12-13H,6H2,1H3. The monoisotopic (exact) mass is 376 g/mol. The summed E-state index contributed by atoms with van der Waals surface area (Å²) in [6.45, 7) is 0.456. The van der Waals surface area contributed by atoms with Crippen LogP contribution in [0.15, 0.2) is 36.9 Å². The van der Waals surface area contributed by atoms with Gasteiger partial charge in [-0.05, 0) is 17.7 Å². The lowest BCUT2D eigenvalue weighted by atomic mass is 9.94. The molecule has 0 aliphatic carbocycles. The first-order valence-corrected chi connectivity index (χ1v) is 8.68. The van der Waals surface area contributed by atoms with Crippen molar-refractivity contribution >= 4 is 34.0 Å². The molecule has 1 aromatic carbocycles. The summed E-state index contributed by atoms with van der Waals surface area (Å²) >= 11 is 7.59. The number of carbonyl (C=O) groups is 1. The molecule has 0 radical (unpaired) electrons. The van der Waals surface area contributed by atoms with Crippen molar-refractivity contribution in [2.45, 2.75) is 18.0 Å². The van der Waals surface area contributed by atoms with Gasteiger partial charge in [0.15, 0.2) is 0 Å². The van der Waals surface area contributed by atoms with Crippen LogP contribution in [0.1, 0.15) is 16.6 Å². The SMILES string of the molecule is COc1ccc(C2C(Cl)C(=O)N2c2nnc(Cn3cncn3)s2)cc1. The van der Waals surface area contributed by atoms with Crippen molar-refractivity contribution in [3.63, 3.8) is 0 Å². The molecule has 0 spiro atoms. The molecule has 1 aliphatic heterocycles. The molecule has 4 rings (SSSR count). The second-order valence-electron chi connectivity index (χ2n) is 5.40. The molecule has 3 heterocycles. The number of carbonyl (C=O) groups excluding carboxylic acids is 1. The maximum Gasteiger partial charge on any atom is 0.250 e. The van der Waals surface area contributed by atoms with Gasteiger partial charge in [-0.25, -0.2) is 9.67 Å². The average Bonchev–Trinajstić information content (AvgIpc) is 3.31. The fraction of sp³-hybridized carbons (Fsp3) is 0.267. The Labute approximate surface area is 152 Å². The zero-order valence-corrected chi connectivity index (χ0v) is 14.7. The molecule has 25 heavy (non-hydrogen) atoms. The Morgan fingerprint density at radius 3 is 2.76 bits per heavy atom. The minimum absolute atomic E-state index is 0.175. The molecular weight excluding hydrogens is 364 g/mol. The number of β-lactam (4-membered cyclic amide) rings is 1. The third-order valence-corrected chi connectivity index (χ3v) is 5.24. The number of hydrogen-bond donors (Lipinski definition) is 0. The van der Waals surface area contributed by atoms with E-state index < -0.39 is 5.38 Å². The van der Waals surface area contributed by atoms with Gasteiger partial charge in [0.25, 0.3) is 0 Å². The van der Waals surface area contributed by atoms with E-state index in [9.17, 15) is 4.79 Å². The Balaban J connectivity index is 1.57. The molecule has 2 aromatic heterocycles. The topological polar surface area (TPSA) is 86.0 Å². The Bertz CT molecular complexity index is 882. The molecule has 128 valence electrons. The van der Waals surface area contributed by atoms with Crippen LogP contribution in [0.25, 0.3) is 0 Å². The van der Waals surface area contributed by atoms with Gasteiger partial charge in [0, 0.05) is 0 Å². The number of rotatable bonds is 5. The minimum atomic E-state index is -0.615. The van der Waals surface area contributed by atoms with Crippen molar-refractivity contribution in [2.24, 2.45) is 0 Å². The summed E-state index contributed by atoms with van der Waals surface area (Å²) in [4.78, 5) is 17.8. The number of amides is 1. The number of halogens is 1. The van der Waals surface area contributed by atoms with Crippen LogP contribution in [0.4, 0.5) is 5.13 Å². The van der Waals surface area contributed by atoms with Gasteiger partial charge in [-0.2, -0.15) is 5.10 Å². The first-order valence-electron chi connectivity index (χ1n) is 7.43. The molecule has 0 N–H and O–H groups in total. The number of hydrogen-bond acceptors (Lipinski definition) is 7. The molecular formula is C15H13ClN6O2S. The normalized spacial score (nSPS) is 19.8. The highest BCUT2D eigenvalue weighted by atomic mass is 35.5. The summed E-state index contributed by atoms with van der Waals surface area (Å²) in [5.41, 5.74) is 0.924. The molecule has 1 fully saturated rings. The third-order valence-electron chi connectivity index (χ3n) is 3.91. The van der Waals surface area contributed by atoms with Gasteiger partial charge in [0.05, 0.1) is 19.7 Å². The maximum atomic E-state index is 12.3. The van der Waals surface area contributed by atoms with Crippen LogP contribution < -0.4 is 9.64 Å². The lowest BCUT2D eigenvalue weighted by Gasteiger charge is -2.42. The van der Waals surface area contributed by atoms with Crippen LogP contribution in [0.3, 0.4) is 0 Å². The Morgan fingerprint density at radius 1 is 1.28 bits per heavy atom. The van der Waals surface area contributed by atoms with Crippen molar-refractivity contribution in [3.05, 3.63) is 47.5 Å². The summed E-state index contributed by atoms with van der Waals surface area (Å²) in [6.07, 6.45) is 3.06. The van der Waals surface area contributed by atoms with E-state index >= 15 is 0 Å². The average molecular weight is 377 g/mol. The lowest BCUT2D eigenvalue weighted by Crippen LogP contribution is -2.56. The van der Waals surface area contributed by atoms with Gasteiger partial charge in [-0.15, -0.1) is 21.8 Å². The highest BCUT2D eigenvalue weighted by Gasteiger charge is 2.49. The van der Waals surface area contributed by atoms with Crippen molar-refractivity contribution in [1.82, 2.24) is 25.0 Å². The number of methoxy groups -OCH3 is 1. The lowest BCUT2D eigenvalue weighted by molar-refractivity contribution is -0.123. The van der Waals surface area contributed by atoms with E-state index in [0.717, 1.165) is 16.3 Å². The van der Waals surface area contributed by atoms with Crippen molar-refractivity contribution in [3.8, 4) is 5.75 Å². The van der Waals surface area contributed by atoms with E-state index in [1.165, 1.54) is 17.7 Å². The third kappa shape index (κ3) is 2.85. The van der Waals surface area contributed by atoms with Crippen molar-refractivity contribution in [2.75, 3.05) is 12.0 Å². The predicted molar refractivity (Wildman–Crippen MR) is 91.9 cm³/mol. The van der Waals surface area contributed by atoms with E-state index in [-0.39, 0.29) is 11.9 Å². The van der Waals surface area contributed by atoms with E-state index in [1.54, 1.807) is 23.0 Å². The van der Waals surface area contributed by atoms with Crippen LogP contribution in [0, 0.1) is 0 Å². The molecule has 8 nitrogen and oxygen atoms in total. The van der Waals surface area contributed by atoms with Crippen LogP contribution in [-0.4, -0.2) is 43.4 Å². The molecule has 1 amide bonds. The maximum absolute atomic E-state index is 12.3. The number of ether oxygens (including phenoxy) is 1. The van der Waals surface area contributed by atoms with E-state index in [1.807, 2.05) is 24.3 Å². The highest BCUT2D eigenvalue weighted by Crippen LogP contribution is 2.43. The second-order valence-corrected chi connectivity index (χ2v) is 6.91. The van der Waals surface area contributed by atoms with E-state index in [0.29, 0.717) is 11.7 Å². The summed E-state index contributed by atoms with van der Waals surface area (Å²) in [5, 5.41) is 13.0. The Kier molecular flexibility index (Phi) is 4.10. The quantitative estimate of drug-likeness (QED) is 0.499. The molecule has 3 aromatic rings. The molecule has 1 aliphatic rings. The van der Waals surface area contributed by atoms with Gasteiger partial charge >= 0.3 is 0 Å². The smallest absolute Gasteiger partial charge is 0.250 e. The molecule has 0 bridgehead atoms. The number of alkyl halides is 1. The minimum Gasteiger partial charge on any atom is -0.497 e. The Hall–Kier alpha value is -2.52. The van der Waals surface area contributed by atoms with Crippen LogP contribution in [0.5, 0.6) is 5.75 Å². The van der Waals surface area contributed by atoms with Gasteiger partial charge in [0.2, 0.25) is 11.0 Å². The zero-order chi connectivity index (χ0) is 17.4. The van der Waals surface area contributed by atoms with Gasteiger partial charge in [-0.3, -0.25) is 9.69 Å². The summed E-state index contributed by atoms with van der Waals surface area (Å²) in [7, 11) is 1.61. The number of benzene rings is 1. The fourth-order valence-corrected chi connectivity index (χ4v) is 3.88. The van der Waals surface area contributed by atoms with E-state index in [4.69, 9.17) is 16.3 Å². The fourth-order valence-electron chi connectivity index (χ4n) is 2.65. The Morgan fingerprint density at radius 2 is 2.08 bits per heavy atom. The molecule has 0 saturated carbocycles. The summed E-state index contributed by atoms with van der Waals surface area (Å²) in [6, 6.07) is 7.21. The molecule has 2 unspecified atom stereocenters. The van der Waals surface area contributed by atoms with Crippen LogP contribution >= 0.6 is 22.9 Å². The molecule has 1 saturated heterocycles. The molecule has 2 atom stereocenters. The molecule has 10 heteroatoms. The van der Waals surface area contributed by atoms with Gasteiger partial charge in [0.1, 0.15) is 28.8 Å². The highest BCUT2D eigenvalue weighted by molar-refractivity contribution is 7.15. The first-order chi connectivity index (χ1) is 12.2. The van der Waals surface area contributed by atoms with Crippen molar-refractivity contribution < 1.29 is 9.53 Å². The van der Waals surface area contributed by atoms with Gasteiger partial charge in [-0.1, -0.05) is 23.5 Å². The number of anilines is 1. The van der Waals surface area contributed by atoms with Crippen molar-refractivity contribution in [1.29, 1.82) is 0 Å². The predicted octanol–water partition coefficient (Wildman–Crippen LogP) is 1.88.